The van der Waals surface area contributed by atoms with Gasteiger partial charge >= 0.3 is 0 Å². The maximum Gasteiger partial charge on any atom is 0.121 e. The first-order valence-corrected chi connectivity index (χ1v) is 7.24. The lowest BCUT2D eigenvalue weighted by molar-refractivity contribution is 0.205. The number of fused-ring (bicyclic) bond motifs is 1. The average Bonchev–Trinajstić information content (AvgIpc) is 2.88. The van der Waals surface area contributed by atoms with Gasteiger partial charge in [0.05, 0.1) is 17.6 Å². The van der Waals surface area contributed by atoms with E-state index in [0.29, 0.717) is 6.04 Å². The Morgan fingerprint density at radius 3 is 2.84 bits per heavy atom. The third-order valence-corrected chi connectivity index (χ3v) is 4.03. The number of piperidine rings is 1. The number of para-hydroxylation sites is 2. The molecule has 2 aromatic rings. The number of hydrogen-bond acceptors (Lipinski definition) is 3. The molecule has 102 valence electrons. The van der Waals surface area contributed by atoms with Gasteiger partial charge in [-0.3, -0.25) is 0 Å². The van der Waals surface area contributed by atoms with E-state index in [4.69, 9.17) is 0 Å². The lowest BCUT2D eigenvalue weighted by Crippen LogP contribution is -2.42. The average molecular weight is 258 g/mol. The van der Waals surface area contributed by atoms with Crippen molar-refractivity contribution in [2.24, 2.45) is 0 Å². The molecule has 1 aromatic heterocycles. The number of benzene rings is 1. The SMILES string of the molecule is CCN1CCC(NCc2nc3ccccc3[nH]2)CC1. The minimum atomic E-state index is 0.635. The van der Waals surface area contributed by atoms with Crippen molar-refractivity contribution in [1.82, 2.24) is 20.2 Å². The summed E-state index contributed by atoms with van der Waals surface area (Å²) in [5.41, 5.74) is 2.18. The molecule has 0 unspecified atom stereocenters. The lowest BCUT2D eigenvalue weighted by atomic mass is 10.1. The maximum atomic E-state index is 4.60. The predicted octanol–water partition coefficient (Wildman–Crippen LogP) is 2.14. The fourth-order valence-corrected chi connectivity index (χ4v) is 2.78. The van der Waals surface area contributed by atoms with E-state index in [1.165, 1.54) is 32.5 Å². The van der Waals surface area contributed by atoms with Crippen molar-refractivity contribution < 1.29 is 0 Å². The highest BCUT2D eigenvalue weighted by Gasteiger charge is 2.17. The van der Waals surface area contributed by atoms with Crippen LogP contribution in [0.15, 0.2) is 24.3 Å². The standard InChI is InChI=1S/C15H22N4/c1-2-19-9-7-12(8-10-19)16-11-15-17-13-5-3-4-6-14(13)18-15/h3-6,12,16H,2,7-11H2,1H3,(H,17,18). The smallest absolute Gasteiger partial charge is 0.121 e. The van der Waals surface area contributed by atoms with E-state index < -0.39 is 0 Å². The van der Waals surface area contributed by atoms with Crippen molar-refractivity contribution in [3.8, 4) is 0 Å². The molecule has 1 aliphatic heterocycles. The Bertz CT molecular complexity index is 493. The molecule has 3 rings (SSSR count). The van der Waals surface area contributed by atoms with Gasteiger partial charge in [0, 0.05) is 6.04 Å². The van der Waals surface area contributed by atoms with Gasteiger partial charge in [0.2, 0.25) is 0 Å². The second-order valence-corrected chi connectivity index (χ2v) is 5.29. The molecular formula is C15H22N4. The molecule has 0 bridgehead atoms. The number of rotatable bonds is 4. The topological polar surface area (TPSA) is 44.0 Å². The summed E-state index contributed by atoms with van der Waals surface area (Å²) in [4.78, 5) is 10.5. The van der Waals surface area contributed by atoms with Crippen molar-refractivity contribution >= 4 is 11.0 Å². The van der Waals surface area contributed by atoms with Crippen LogP contribution in [0.25, 0.3) is 11.0 Å². The summed E-state index contributed by atoms with van der Waals surface area (Å²) in [7, 11) is 0. The fourth-order valence-electron chi connectivity index (χ4n) is 2.78. The molecule has 1 aliphatic rings. The zero-order chi connectivity index (χ0) is 13.1. The maximum absolute atomic E-state index is 4.60. The van der Waals surface area contributed by atoms with Gasteiger partial charge in [-0.25, -0.2) is 4.98 Å². The molecule has 0 spiro atoms. The summed E-state index contributed by atoms with van der Waals surface area (Å²) < 4.78 is 0. The molecule has 19 heavy (non-hydrogen) atoms. The number of nitrogens with zero attached hydrogens (tertiary/aromatic N) is 2. The Hall–Kier alpha value is -1.39. The summed E-state index contributed by atoms with van der Waals surface area (Å²) in [6.07, 6.45) is 2.49. The molecule has 0 amide bonds. The van der Waals surface area contributed by atoms with Crippen LogP contribution in [0.4, 0.5) is 0 Å². The molecule has 1 aromatic carbocycles. The number of likely N-dealkylation sites (tertiary alicyclic amines) is 1. The van der Waals surface area contributed by atoms with E-state index in [-0.39, 0.29) is 0 Å². The minimum Gasteiger partial charge on any atom is -0.341 e. The van der Waals surface area contributed by atoms with Gasteiger partial charge < -0.3 is 15.2 Å². The Morgan fingerprint density at radius 2 is 2.11 bits per heavy atom. The first-order chi connectivity index (χ1) is 9.35. The molecule has 0 atom stereocenters. The van der Waals surface area contributed by atoms with E-state index in [9.17, 15) is 0 Å². The number of hydrogen-bond donors (Lipinski definition) is 2. The van der Waals surface area contributed by atoms with Crippen molar-refractivity contribution in [1.29, 1.82) is 0 Å². The third kappa shape index (κ3) is 2.96. The van der Waals surface area contributed by atoms with Crippen molar-refractivity contribution in [2.75, 3.05) is 19.6 Å². The van der Waals surface area contributed by atoms with Crippen LogP contribution in [0, 0.1) is 0 Å². The molecule has 4 heteroatoms. The van der Waals surface area contributed by atoms with Crippen LogP contribution >= 0.6 is 0 Å². The van der Waals surface area contributed by atoms with Crippen LogP contribution in [0.3, 0.4) is 0 Å². The van der Waals surface area contributed by atoms with E-state index in [0.717, 1.165) is 23.4 Å². The lowest BCUT2D eigenvalue weighted by Gasteiger charge is -2.31. The second-order valence-electron chi connectivity index (χ2n) is 5.29. The molecule has 1 saturated heterocycles. The summed E-state index contributed by atoms with van der Waals surface area (Å²) in [6.45, 7) is 6.69. The quantitative estimate of drug-likeness (QED) is 0.883. The first kappa shape index (κ1) is 12.6. The molecule has 2 N–H and O–H groups in total. The normalized spacial score (nSPS) is 18.2. The Balaban J connectivity index is 1.55. The second kappa shape index (κ2) is 5.72. The van der Waals surface area contributed by atoms with Gasteiger partial charge in [-0.05, 0) is 44.6 Å². The number of imidazole rings is 1. The van der Waals surface area contributed by atoms with Crippen LogP contribution in [0.5, 0.6) is 0 Å². The van der Waals surface area contributed by atoms with Crippen LogP contribution in [-0.4, -0.2) is 40.5 Å². The number of H-pyrrole nitrogens is 1. The molecule has 0 saturated carbocycles. The molecule has 2 heterocycles. The van der Waals surface area contributed by atoms with Crippen molar-refractivity contribution in [3.05, 3.63) is 30.1 Å². The summed E-state index contributed by atoms with van der Waals surface area (Å²) in [6, 6.07) is 8.83. The monoisotopic (exact) mass is 258 g/mol. The Kier molecular flexibility index (Phi) is 3.80. The largest absolute Gasteiger partial charge is 0.341 e. The van der Waals surface area contributed by atoms with Gasteiger partial charge in [0.1, 0.15) is 5.82 Å². The van der Waals surface area contributed by atoms with Gasteiger partial charge in [0.25, 0.3) is 0 Å². The molecule has 4 nitrogen and oxygen atoms in total. The number of aromatic nitrogens is 2. The third-order valence-electron chi connectivity index (χ3n) is 4.03. The fraction of sp³-hybridized carbons (Fsp3) is 0.533. The molecular weight excluding hydrogens is 236 g/mol. The van der Waals surface area contributed by atoms with E-state index >= 15 is 0 Å². The number of aromatic amines is 1. The van der Waals surface area contributed by atoms with Crippen molar-refractivity contribution in [2.45, 2.75) is 32.4 Å². The predicted molar refractivity (Wildman–Crippen MR) is 78.1 cm³/mol. The Morgan fingerprint density at radius 1 is 1.32 bits per heavy atom. The molecule has 0 radical (unpaired) electrons. The van der Waals surface area contributed by atoms with Gasteiger partial charge in [-0.1, -0.05) is 19.1 Å². The zero-order valence-corrected chi connectivity index (χ0v) is 11.5. The highest BCUT2D eigenvalue weighted by atomic mass is 15.1. The first-order valence-electron chi connectivity index (χ1n) is 7.24. The van der Waals surface area contributed by atoms with E-state index in [2.05, 4.69) is 39.2 Å². The Labute approximate surface area is 114 Å². The van der Waals surface area contributed by atoms with Crippen LogP contribution < -0.4 is 5.32 Å². The van der Waals surface area contributed by atoms with Crippen LogP contribution in [0.2, 0.25) is 0 Å². The van der Waals surface area contributed by atoms with Crippen LogP contribution in [-0.2, 0) is 6.54 Å². The van der Waals surface area contributed by atoms with Gasteiger partial charge in [-0.15, -0.1) is 0 Å². The zero-order valence-electron chi connectivity index (χ0n) is 11.5. The highest BCUT2D eigenvalue weighted by molar-refractivity contribution is 5.74. The van der Waals surface area contributed by atoms with Crippen molar-refractivity contribution in [3.63, 3.8) is 0 Å². The van der Waals surface area contributed by atoms with Gasteiger partial charge in [-0.2, -0.15) is 0 Å². The van der Waals surface area contributed by atoms with Gasteiger partial charge in [0.15, 0.2) is 0 Å². The molecule has 1 fully saturated rings. The summed E-state index contributed by atoms with van der Waals surface area (Å²) in [5, 5.41) is 3.62. The minimum absolute atomic E-state index is 0.635. The number of nitrogens with one attached hydrogen (secondary N) is 2. The van der Waals surface area contributed by atoms with Crippen LogP contribution in [0.1, 0.15) is 25.6 Å². The molecule has 0 aliphatic carbocycles. The van der Waals surface area contributed by atoms with E-state index in [1.807, 2.05) is 12.1 Å². The van der Waals surface area contributed by atoms with E-state index in [1.54, 1.807) is 0 Å². The summed E-state index contributed by atoms with van der Waals surface area (Å²) >= 11 is 0. The highest BCUT2D eigenvalue weighted by Crippen LogP contribution is 2.12. The summed E-state index contributed by atoms with van der Waals surface area (Å²) in [5.74, 6) is 1.04.